The van der Waals surface area contributed by atoms with Crippen molar-refractivity contribution in [1.82, 2.24) is 15.6 Å². The average molecular weight is 469 g/mol. The number of halogens is 5. The number of alkyl halides is 3. The third-order valence-electron chi connectivity index (χ3n) is 6.42. The molecule has 1 amide bonds. The second-order valence-corrected chi connectivity index (χ2v) is 8.28. The number of fused-ring (bicyclic) bond motifs is 1. The largest absolute Gasteiger partial charge is 0.417 e. The third-order valence-corrected chi connectivity index (χ3v) is 6.42. The summed E-state index contributed by atoms with van der Waals surface area (Å²) in [5.74, 6) is 1.29. The lowest BCUT2D eigenvalue weighted by molar-refractivity contribution is -0.137. The van der Waals surface area contributed by atoms with Crippen LogP contribution in [0.5, 0.6) is 0 Å². The summed E-state index contributed by atoms with van der Waals surface area (Å²) < 4.78 is 38.0. The Morgan fingerprint density at radius 3 is 2.40 bits per heavy atom. The summed E-state index contributed by atoms with van der Waals surface area (Å²) in [6, 6.07) is 3.02. The molecule has 1 aromatic heterocycles. The molecule has 30 heavy (non-hydrogen) atoms. The molecule has 10 heteroatoms. The monoisotopic (exact) mass is 468 g/mol. The van der Waals surface area contributed by atoms with Gasteiger partial charge in [-0.3, -0.25) is 4.79 Å². The summed E-state index contributed by atoms with van der Waals surface area (Å²) in [6.45, 7) is 1.35. The lowest BCUT2D eigenvalue weighted by atomic mass is 9.85. The summed E-state index contributed by atoms with van der Waals surface area (Å²) in [7, 11) is 0. The van der Waals surface area contributed by atoms with E-state index in [9.17, 15) is 18.0 Å². The van der Waals surface area contributed by atoms with Crippen LogP contribution in [-0.2, 0) is 11.0 Å². The first-order valence-corrected chi connectivity index (χ1v) is 10.2. The first-order chi connectivity index (χ1) is 13.4. The molecule has 0 spiro atoms. The van der Waals surface area contributed by atoms with Crippen LogP contribution in [0.1, 0.15) is 50.5 Å². The average Bonchev–Trinajstić information content (AvgIpc) is 3.12. The van der Waals surface area contributed by atoms with Crippen LogP contribution in [0.15, 0.2) is 18.3 Å². The number of anilines is 1. The van der Waals surface area contributed by atoms with Gasteiger partial charge in [0.15, 0.2) is 0 Å². The molecule has 4 rings (SSSR count). The van der Waals surface area contributed by atoms with Crippen LogP contribution in [0.3, 0.4) is 0 Å². The van der Waals surface area contributed by atoms with Gasteiger partial charge in [0, 0.05) is 31.4 Å². The molecule has 1 aliphatic carbocycles. The van der Waals surface area contributed by atoms with E-state index < -0.39 is 11.7 Å². The number of aromatic nitrogens is 1. The van der Waals surface area contributed by atoms with Crippen molar-refractivity contribution in [1.29, 1.82) is 0 Å². The third kappa shape index (κ3) is 5.71. The first kappa shape index (κ1) is 25.0. The predicted molar refractivity (Wildman–Crippen MR) is 114 cm³/mol. The summed E-state index contributed by atoms with van der Waals surface area (Å²) in [5, 5.41) is 6.68. The molecule has 170 valence electrons. The minimum Gasteiger partial charge on any atom is -0.356 e. The Kier molecular flexibility index (Phi) is 8.65. The van der Waals surface area contributed by atoms with Crippen LogP contribution in [0.4, 0.5) is 19.0 Å². The van der Waals surface area contributed by atoms with Crippen molar-refractivity contribution in [3.05, 3.63) is 23.9 Å². The Hall–Kier alpha value is -1.25. The van der Waals surface area contributed by atoms with Gasteiger partial charge in [-0.1, -0.05) is 12.8 Å². The molecule has 2 aliphatic heterocycles. The maximum atomic E-state index is 12.7. The van der Waals surface area contributed by atoms with Crippen molar-refractivity contribution in [3.63, 3.8) is 0 Å². The van der Waals surface area contributed by atoms with E-state index in [1.807, 2.05) is 4.90 Å². The van der Waals surface area contributed by atoms with Crippen LogP contribution in [-0.4, -0.2) is 42.1 Å². The van der Waals surface area contributed by atoms with Crippen molar-refractivity contribution >= 4 is 36.5 Å². The number of carbonyl (C=O) groups is 1. The predicted octanol–water partition coefficient (Wildman–Crippen LogP) is 3.95. The van der Waals surface area contributed by atoms with E-state index in [2.05, 4.69) is 15.6 Å². The highest BCUT2D eigenvalue weighted by Gasteiger charge is 2.38. The summed E-state index contributed by atoms with van der Waals surface area (Å²) in [6.07, 6.45) is 3.91. The summed E-state index contributed by atoms with van der Waals surface area (Å²) in [4.78, 5) is 18.6. The van der Waals surface area contributed by atoms with E-state index in [1.165, 1.54) is 31.7 Å². The Balaban J connectivity index is 0.00000160. The van der Waals surface area contributed by atoms with Gasteiger partial charge in [-0.2, -0.15) is 13.2 Å². The van der Waals surface area contributed by atoms with E-state index in [4.69, 9.17) is 0 Å². The van der Waals surface area contributed by atoms with E-state index in [1.54, 1.807) is 0 Å². The molecular formula is C20H29Cl2F3N4O. The molecule has 0 radical (unpaired) electrons. The SMILES string of the molecule is Cl.Cl.O=C(NC1CCN(c2ccc(C(F)(F)F)cn2)CC1)C1CC2CCCCC2N1. The van der Waals surface area contributed by atoms with Gasteiger partial charge >= 0.3 is 6.18 Å². The molecule has 2 N–H and O–H groups in total. The van der Waals surface area contributed by atoms with Crippen molar-refractivity contribution < 1.29 is 18.0 Å². The maximum Gasteiger partial charge on any atom is 0.417 e. The van der Waals surface area contributed by atoms with E-state index in [0.717, 1.165) is 31.5 Å². The van der Waals surface area contributed by atoms with E-state index in [0.29, 0.717) is 30.9 Å². The molecule has 3 atom stereocenters. The van der Waals surface area contributed by atoms with Crippen LogP contribution in [0, 0.1) is 5.92 Å². The molecule has 0 bridgehead atoms. The fraction of sp³-hybridized carbons (Fsp3) is 0.700. The molecular weight excluding hydrogens is 440 g/mol. The zero-order valence-corrected chi connectivity index (χ0v) is 18.3. The molecule has 5 nitrogen and oxygen atoms in total. The standard InChI is InChI=1S/C20H27F3N4O.2ClH/c21-20(22,23)14-5-6-18(24-12-14)27-9-7-15(8-10-27)25-19(28)17-11-13-3-1-2-4-16(13)26-17;;/h5-6,12-13,15-17,26H,1-4,7-11H2,(H,25,28);2*1H. The highest BCUT2D eigenvalue weighted by Crippen LogP contribution is 2.33. The molecule has 3 aliphatic rings. The molecule has 1 aromatic rings. The van der Waals surface area contributed by atoms with Gasteiger partial charge in [-0.15, -0.1) is 24.8 Å². The molecule has 3 fully saturated rings. The number of rotatable bonds is 3. The topological polar surface area (TPSA) is 57.3 Å². The zero-order chi connectivity index (χ0) is 19.7. The van der Waals surface area contributed by atoms with Gasteiger partial charge in [0.25, 0.3) is 0 Å². The Labute approximate surface area is 187 Å². The normalized spacial score (nSPS) is 26.9. The summed E-state index contributed by atoms with van der Waals surface area (Å²) in [5.41, 5.74) is -0.733. The van der Waals surface area contributed by atoms with Gasteiger partial charge in [0.05, 0.1) is 11.6 Å². The molecule has 2 saturated heterocycles. The van der Waals surface area contributed by atoms with Crippen LogP contribution < -0.4 is 15.5 Å². The second-order valence-electron chi connectivity index (χ2n) is 8.28. The van der Waals surface area contributed by atoms with Crippen LogP contribution >= 0.6 is 24.8 Å². The lowest BCUT2D eigenvalue weighted by Crippen LogP contribution is -2.50. The Bertz CT molecular complexity index is 682. The van der Waals surface area contributed by atoms with Crippen molar-refractivity contribution in [2.75, 3.05) is 18.0 Å². The van der Waals surface area contributed by atoms with E-state index in [-0.39, 0.29) is 42.8 Å². The smallest absolute Gasteiger partial charge is 0.356 e. The molecule has 0 aromatic carbocycles. The molecule has 3 heterocycles. The van der Waals surface area contributed by atoms with Gasteiger partial charge in [0.1, 0.15) is 5.82 Å². The van der Waals surface area contributed by atoms with Crippen molar-refractivity contribution in [3.8, 4) is 0 Å². The first-order valence-electron chi connectivity index (χ1n) is 10.2. The summed E-state index contributed by atoms with van der Waals surface area (Å²) >= 11 is 0. The minimum absolute atomic E-state index is 0. The fourth-order valence-electron chi connectivity index (χ4n) is 4.82. The number of carbonyl (C=O) groups excluding carboxylic acids is 1. The van der Waals surface area contributed by atoms with Gasteiger partial charge < -0.3 is 15.5 Å². The minimum atomic E-state index is -4.37. The van der Waals surface area contributed by atoms with Crippen LogP contribution in [0.25, 0.3) is 0 Å². The Morgan fingerprint density at radius 2 is 1.80 bits per heavy atom. The van der Waals surface area contributed by atoms with Gasteiger partial charge in [0.2, 0.25) is 5.91 Å². The van der Waals surface area contributed by atoms with Gasteiger partial charge in [-0.05, 0) is 50.2 Å². The second kappa shape index (κ2) is 10.4. The Morgan fingerprint density at radius 1 is 1.10 bits per heavy atom. The number of nitrogens with one attached hydrogen (secondary N) is 2. The number of hydrogen-bond acceptors (Lipinski definition) is 4. The lowest BCUT2D eigenvalue weighted by Gasteiger charge is -2.33. The molecule has 3 unspecified atom stereocenters. The number of piperidine rings is 1. The number of hydrogen-bond donors (Lipinski definition) is 2. The number of amides is 1. The fourth-order valence-corrected chi connectivity index (χ4v) is 4.82. The number of nitrogens with zero attached hydrogens (tertiary/aromatic N) is 2. The van der Waals surface area contributed by atoms with Gasteiger partial charge in [-0.25, -0.2) is 4.98 Å². The van der Waals surface area contributed by atoms with E-state index >= 15 is 0 Å². The van der Waals surface area contributed by atoms with Crippen LogP contribution in [0.2, 0.25) is 0 Å². The number of pyridine rings is 1. The van der Waals surface area contributed by atoms with Crippen molar-refractivity contribution in [2.24, 2.45) is 5.92 Å². The maximum absolute atomic E-state index is 12.7. The quantitative estimate of drug-likeness (QED) is 0.704. The highest BCUT2D eigenvalue weighted by molar-refractivity contribution is 5.85. The zero-order valence-electron chi connectivity index (χ0n) is 16.7. The highest BCUT2D eigenvalue weighted by atomic mass is 35.5. The molecule has 1 saturated carbocycles. The van der Waals surface area contributed by atoms with Crippen molar-refractivity contribution in [2.45, 2.75) is 69.2 Å².